The molecule has 0 amide bonds. The van der Waals surface area contributed by atoms with E-state index in [1.54, 1.807) is 24.3 Å². The predicted octanol–water partition coefficient (Wildman–Crippen LogP) is 0.725. The molecule has 1 aromatic carbocycles. The average Bonchev–Trinajstić information content (AvgIpc) is 2.16. The molecule has 1 aromatic heterocycles. The minimum atomic E-state index is -0.403. The maximum atomic E-state index is 11.1. The molecule has 0 atom stereocenters. The van der Waals surface area contributed by atoms with E-state index >= 15 is 0 Å². The van der Waals surface area contributed by atoms with E-state index in [-0.39, 0.29) is 5.88 Å². The van der Waals surface area contributed by atoms with Crippen LogP contribution in [0.2, 0.25) is 0 Å². The maximum Gasteiger partial charge on any atom is 0.254 e. The SMILES string of the molecule is Nc1cccc(-c2nc(O)cc(=O)[nH]2)c1. The highest BCUT2D eigenvalue weighted by Crippen LogP contribution is 2.17. The molecule has 4 N–H and O–H groups in total. The number of benzene rings is 1. The molecule has 5 nitrogen and oxygen atoms in total. The smallest absolute Gasteiger partial charge is 0.254 e. The highest BCUT2D eigenvalue weighted by atomic mass is 16.3. The second-order valence-electron chi connectivity index (χ2n) is 3.08. The first kappa shape index (κ1) is 9.26. The van der Waals surface area contributed by atoms with Gasteiger partial charge in [0.25, 0.3) is 5.56 Å². The van der Waals surface area contributed by atoms with E-state index in [0.717, 1.165) is 6.07 Å². The van der Waals surface area contributed by atoms with Gasteiger partial charge in [-0.25, -0.2) is 0 Å². The van der Waals surface area contributed by atoms with E-state index < -0.39 is 5.56 Å². The van der Waals surface area contributed by atoms with Gasteiger partial charge in [-0.15, -0.1) is 0 Å². The van der Waals surface area contributed by atoms with Crippen molar-refractivity contribution in [2.24, 2.45) is 0 Å². The largest absolute Gasteiger partial charge is 0.493 e. The number of nitrogens with two attached hydrogens (primary N) is 1. The molecule has 0 radical (unpaired) electrons. The normalized spacial score (nSPS) is 10.1. The first-order valence-electron chi connectivity index (χ1n) is 4.31. The Bertz CT molecular complexity index is 548. The zero-order chi connectivity index (χ0) is 10.8. The molecule has 0 fully saturated rings. The number of hydrogen-bond acceptors (Lipinski definition) is 4. The molecule has 0 bridgehead atoms. The number of anilines is 1. The van der Waals surface area contributed by atoms with Crippen LogP contribution >= 0.6 is 0 Å². The third-order valence-corrected chi connectivity index (χ3v) is 1.89. The van der Waals surface area contributed by atoms with Gasteiger partial charge in [-0.2, -0.15) is 4.98 Å². The Labute approximate surface area is 85.2 Å². The Kier molecular flexibility index (Phi) is 2.13. The Morgan fingerprint density at radius 1 is 1.33 bits per heavy atom. The molecule has 0 spiro atoms. The first-order chi connectivity index (χ1) is 7.15. The second kappa shape index (κ2) is 3.45. The van der Waals surface area contributed by atoms with Gasteiger partial charge < -0.3 is 15.8 Å². The van der Waals surface area contributed by atoms with Crippen LogP contribution in [0.15, 0.2) is 35.1 Å². The molecule has 0 aliphatic rings. The number of nitrogen functional groups attached to an aromatic ring is 1. The van der Waals surface area contributed by atoms with Gasteiger partial charge in [0.05, 0.1) is 6.07 Å². The van der Waals surface area contributed by atoms with E-state index in [1.807, 2.05) is 0 Å². The van der Waals surface area contributed by atoms with Crippen molar-refractivity contribution >= 4 is 5.69 Å². The molecule has 0 saturated carbocycles. The van der Waals surface area contributed by atoms with Gasteiger partial charge >= 0.3 is 0 Å². The average molecular weight is 203 g/mol. The molecular weight excluding hydrogens is 194 g/mol. The highest BCUT2D eigenvalue weighted by molar-refractivity contribution is 5.60. The minimum absolute atomic E-state index is 0.298. The van der Waals surface area contributed by atoms with Crippen LogP contribution in [0.4, 0.5) is 5.69 Å². The summed E-state index contributed by atoms with van der Waals surface area (Å²) in [5.74, 6) is -0.0107. The van der Waals surface area contributed by atoms with Gasteiger partial charge in [0.2, 0.25) is 5.88 Å². The molecule has 0 saturated heterocycles. The summed E-state index contributed by atoms with van der Waals surface area (Å²) in [7, 11) is 0. The van der Waals surface area contributed by atoms with Gasteiger partial charge in [-0.05, 0) is 12.1 Å². The summed E-state index contributed by atoms with van der Waals surface area (Å²) in [5.41, 5.74) is 6.41. The molecule has 0 aliphatic heterocycles. The van der Waals surface area contributed by atoms with Gasteiger partial charge in [-0.1, -0.05) is 12.1 Å². The van der Waals surface area contributed by atoms with E-state index in [9.17, 15) is 4.79 Å². The second-order valence-corrected chi connectivity index (χ2v) is 3.08. The van der Waals surface area contributed by atoms with Crippen molar-refractivity contribution in [2.75, 3.05) is 5.73 Å². The molecule has 2 rings (SSSR count). The molecule has 5 heteroatoms. The summed E-state index contributed by atoms with van der Waals surface area (Å²) in [6.45, 7) is 0. The van der Waals surface area contributed by atoms with E-state index in [4.69, 9.17) is 10.8 Å². The lowest BCUT2D eigenvalue weighted by Crippen LogP contribution is -2.06. The van der Waals surface area contributed by atoms with Crippen LogP contribution in [0.25, 0.3) is 11.4 Å². The van der Waals surface area contributed by atoms with Gasteiger partial charge in [0, 0.05) is 11.3 Å². The number of hydrogen-bond donors (Lipinski definition) is 3. The number of aromatic amines is 1. The Hall–Kier alpha value is -2.30. The molecule has 1 heterocycles. The zero-order valence-corrected chi connectivity index (χ0v) is 7.77. The lowest BCUT2D eigenvalue weighted by molar-refractivity contribution is 0.452. The Morgan fingerprint density at radius 2 is 2.13 bits per heavy atom. The van der Waals surface area contributed by atoms with E-state index in [2.05, 4.69) is 9.97 Å². The van der Waals surface area contributed by atoms with Crippen LogP contribution in [0.5, 0.6) is 5.88 Å². The van der Waals surface area contributed by atoms with E-state index in [0.29, 0.717) is 17.1 Å². The van der Waals surface area contributed by atoms with Crippen LogP contribution in [0, 0.1) is 0 Å². The fraction of sp³-hybridized carbons (Fsp3) is 0. The van der Waals surface area contributed by atoms with Crippen LogP contribution < -0.4 is 11.3 Å². The van der Waals surface area contributed by atoms with Gasteiger partial charge in [0.15, 0.2) is 0 Å². The number of aromatic nitrogens is 2. The molecular formula is C10H9N3O2. The lowest BCUT2D eigenvalue weighted by atomic mass is 10.2. The summed E-state index contributed by atoms with van der Waals surface area (Å²) in [6, 6.07) is 7.89. The monoisotopic (exact) mass is 203 g/mol. The van der Waals surface area contributed by atoms with Crippen LogP contribution in [0.1, 0.15) is 0 Å². The van der Waals surface area contributed by atoms with Crippen molar-refractivity contribution in [1.82, 2.24) is 9.97 Å². The lowest BCUT2D eigenvalue weighted by Gasteiger charge is -2.01. The molecule has 0 aliphatic carbocycles. The molecule has 0 unspecified atom stereocenters. The first-order valence-corrected chi connectivity index (χ1v) is 4.31. The third-order valence-electron chi connectivity index (χ3n) is 1.89. The zero-order valence-electron chi connectivity index (χ0n) is 7.77. The van der Waals surface area contributed by atoms with Crippen LogP contribution in [-0.2, 0) is 0 Å². The summed E-state index contributed by atoms with van der Waals surface area (Å²) < 4.78 is 0. The number of H-pyrrole nitrogens is 1. The van der Waals surface area contributed by atoms with Crippen molar-refractivity contribution < 1.29 is 5.11 Å². The maximum absolute atomic E-state index is 11.1. The third kappa shape index (κ3) is 1.96. The Morgan fingerprint density at radius 3 is 2.80 bits per heavy atom. The number of rotatable bonds is 1. The van der Waals surface area contributed by atoms with Gasteiger partial charge in [0.1, 0.15) is 5.82 Å². The summed E-state index contributed by atoms with van der Waals surface area (Å²) in [4.78, 5) is 17.4. The Balaban J connectivity index is 2.59. The van der Waals surface area contributed by atoms with Crippen LogP contribution in [-0.4, -0.2) is 15.1 Å². The van der Waals surface area contributed by atoms with Crippen molar-refractivity contribution in [3.8, 4) is 17.3 Å². The predicted molar refractivity (Wildman–Crippen MR) is 56.4 cm³/mol. The standard InChI is InChI=1S/C10H9N3O2/c11-7-3-1-2-6(4-7)10-12-8(14)5-9(15)13-10/h1-5H,11H2,(H2,12,13,14,15). The number of nitrogens with zero attached hydrogens (tertiary/aromatic N) is 1. The quantitative estimate of drug-likeness (QED) is 0.595. The summed E-state index contributed by atoms with van der Waals surface area (Å²) in [6.07, 6.45) is 0. The fourth-order valence-electron chi connectivity index (χ4n) is 1.27. The topological polar surface area (TPSA) is 92.0 Å². The molecule has 2 aromatic rings. The number of aromatic hydroxyl groups is 1. The summed E-state index contributed by atoms with van der Waals surface area (Å²) in [5, 5.41) is 9.16. The fourth-order valence-corrected chi connectivity index (χ4v) is 1.27. The summed E-state index contributed by atoms with van der Waals surface area (Å²) >= 11 is 0. The number of nitrogens with one attached hydrogen (secondary N) is 1. The van der Waals surface area contributed by atoms with Crippen molar-refractivity contribution in [3.63, 3.8) is 0 Å². The van der Waals surface area contributed by atoms with Gasteiger partial charge in [-0.3, -0.25) is 4.79 Å². The minimum Gasteiger partial charge on any atom is -0.493 e. The van der Waals surface area contributed by atoms with Crippen molar-refractivity contribution in [3.05, 3.63) is 40.7 Å². The van der Waals surface area contributed by atoms with E-state index in [1.165, 1.54) is 0 Å². The van der Waals surface area contributed by atoms with Crippen molar-refractivity contribution in [2.45, 2.75) is 0 Å². The highest BCUT2D eigenvalue weighted by Gasteiger charge is 2.02. The van der Waals surface area contributed by atoms with Crippen molar-refractivity contribution in [1.29, 1.82) is 0 Å². The molecule has 15 heavy (non-hydrogen) atoms. The van der Waals surface area contributed by atoms with Crippen LogP contribution in [0.3, 0.4) is 0 Å². The molecule has 76 valence electrons.